The Morgan fingerprint density at radius 2 is 2.00 bits per heavy atom. The zero-order chi connectivity index (χ0) is 7.98. The van der Waals surface area contributed by atoms with E-state index in [0.29, 0.717) is 10.0 Å². The monoisotopic (exact) mass is 223 g/mol. The van der Waals surface area contributed by atoms with Crippen LogP contribution < -0.4 is 0 Å². The fourth-order valence-corrected chi connectivity index (χ4v) is 1.52. The molecule has 0 spiro atoms. The van der Waals surface area contributed by atoms with Gasteiger partial charge in [0.05, 0.1) is 0 Å². The van der Waals surface area contributed by atoms with Crippen LogP contribution in [0.3, 0.4) is 0 Å². The van der Waals surface area contributed by atoms with Crippen molar-refractivity contribution in [3.8, 4) is 0 Å². The fraction of sp³-hybridized carbons (Fsp3) is 0.875. The Morgan fingerprint density at radius 3 is 2.27 bits per heavy atom. The van der Waals surface area contributed by atoms with Gasteiger partial charge in [0, 0.05) is 21.7 Å². The van der Waals surface area contributed by atoms with Crippen LogP contribution in [0.2, 0.25) is 0 Å². The summed E-state index contributed by atoms with van der Waals surface area (Å²) < 4.78 is 0.357. The van der Waals surface area contributed by atoms with E-state index in [4.69, 9.17) is 0 Å². The van der Waals surface area contributed by atoms with Crippen LogP contribution in [0.1, 0.15) is 39.5 Å². The van der Waals surface area contributed by atoms with Crippen molar-refractivity contribution in [2.45, 2.75) is 39.5 Å². The van der Waals surface area contributed by atoms with Crippen molar-refractivity contribution in [3.05, 3.63) is 0 Å². The first-order valence-corrected chi connectivity index (χ1v) is 4.75. The van der Waals surface area contributed by atoms with E-state index < -0.39 is 0 Å². The van der Waals surface area contributed by atoms with Gasteiger partial charge < -0.3 is 0 Å². The van der Waals surface area contributed by atoms with Gasteiger partial charge in [-0.15, -0.1) is 0 Å². The minimum absolute atomic E-state index is 0. The molecule has 0 radical (unpaired) electrons. The first-order chi connectivity index (χ1) is 4.72. The zero-order valence-electron chi connectivity index (χ0n) is 7.31. The quantitative estimate of drug-likeness (QED) is 0.653. The third kappa shape index (κ3) is 7.46. The second kappa shape index (κ2) is 9.19. The van der Waals surface area contributed by atoms with Crippen LogP contribution in [0.25, 0.3) is 0 Å². The molecular formula is C8H15OTi2. The minimum Gasteiger partial charge on any atom is 0 e. The maximum Gasteiger partial charge on any atom is 0 e. The van der Waals surface area contributed by atoms with Crippen molar-refractivity contribution in [1.29, 1.82) is 0 Å². The second-order valence-electron chi connectivity index (χ2n) is 2.61. The maximum absolute atomic E-state index is 10.9. The SMILES string of the molecule is CCCCC(CC)[C](=O)[Ti].[Ti]. The Morgan fingerprint density at radius 1 is 1.45 bits per heavy atom. The third-order valence-corrected chi connectivity index (χ3v) is 2.41. The molecule has 0 N–H and O–H groups in total. The van der Waals surface area contributed by atoms with E-state index in [2.05, 4.69) is 13.8 Å². The minimum atomic E-state index is 0. The molecule has 0 saturated heterocycles. The summed E-state index contributed by atoms with van der Waals surface area (Å²) >= 11 is 1.70. The number of hydrogen-bond acceptors (Lipinski definition) is 1. The molecule has 1 nitrogen and oxygen atoms in total. The molecule has 0 saturated carbocycles. The Labute approximate surface area is 96.0 Å². The van der Waals surface area contributed by atoms with Gasteiger partial charge in [-0.1, -0.05) is 0 Å². The Bertz CT molecular complexity index is 104. The topological polar surface area (TPSA) is 17.1 Å². The van der Waals surface area contributed by atoms with E-state index in [-0.39, 0.29) is 21.7 Å². The number of unbranched alkanes of at least 4 members (excludes halogenated alkanes) is 1. The molecule has 1 atom stereocenters. The Kier molecular flexibility index (Phi) is 12.2. The van der Waals surface area contributed by atoms with Crippen LogP contribution in [0.15, 0.2) is 0 Å². The molecule has 0 aromatic heterocycles. The van der Waals surface area contributed by atoms with Gasteiger partial charge in [0.2, 0.25) is 0 Å². The first kappa shape index (κ1) is 14.6. The van der Waals surface area contributed by atoms with E-state index >= 15 is 0 Å². The van der Waals surface area contributed by atoms with Gasteiger partial charge in [-0.05, 0) is 0 Å². The molecular weight excluding hydrogens is 208 g/mol. The molecule has 0 aliphatic rings. The number of rotatable bonds is 5. The molecule has 0 heterocycles. The molecule has 0 bridgehead atoms. The van der Waals surface area contributed by atoms with Crippen molar-refractivity contribution in [2.75, 3.05) is 0 Å². The third-order valence-electron chi connectivity index (χ3n) is 1.77. The average molecular weight is 223 g/mol. The van der Waals surface area contributed by atoms with Gasteiger partial charge in [0.1, 0.15) is 0 Å². The predicted molar refractivity (Wildman–Crippen MR) is 38.3 cm³/mol. The summed E-state index contributed by atoms with van der Waals surface area (Å²) in [6.45, 7) is 4.24. The Balaban J connectivity index is 0. The van der Waals surface area contributed by atoms with Crippen LogP contribution in [-0.2, 0) is 46.9 Å². The van der Waals surface area contributed by atoms with E-state index in [9.17, 15) is 4.79 Å². The van der Waals surface area contributed by atoms with Gasteiger partial charge in [0.15, 0.2) is 0 Å². The molecule has 0 rings (SSSR count). The van der Waals surface area contributed by atoms with Crippen molar-refractivity contribution in [3.63, 3.8) is 0 Å². The molecule has 61 valence electrons. The van der Waals surface area contributed by atoms with Crippen LogP contribution in [-0.4, -0.2) is 4.09 Å². The van der Waals surface area contributed by atoms with E-state index in [0.717, 1.165) is 12.8 Å². The second-order valence-corrected chi connectivity index (χ2v) is 3.38. The molecule has 0 aliphatic heterocycles. The van der Waals surface area contributed by atoms with Gasteiger partial charge >= 0.3 is 74.8 Å². The standard InChI is InChI=1S/C8H15O.2Ti/c1-3-5-6-8(4-2)7-9;;/h8H,3-6H2,1-2H3;;. The van der Waals surface area contributed by atoms with Gasteiger partial charge in [-0.25, -0.2) is 0 Å². The van der Waals surface area contributed by atoms with Gasteiger partial charge in [-0.2, -0.15) is 0 Å². The van der Waals surface area contributed by atoms with E-state index in [1.807, 2.05) is 0 Å². The summed E-state index contributed by atoms with van der Waals surface area (Å²) in [4.78, 5) is 10.9. The van der Waals surface area contributed by atoms with Crippen LogP contribution in [0.4, 0.5) is 0 Å². The van der Waals surface area contributed by atoms with Gasteiger partial charge in [0.25, 0.3) is 0 Å². The Hall–Kier alpha value is 1.10. The van der Waals surface area contributed by atoms with Crippen molar-refractivity contribution in [1.82, 2.24) is 0 Å². The summed E-state index contributed by atoms with van der Waals surface area (Å²) in [7, 11) is 0. The number of carbonyl (C=O) groups is 1. The number of hydrogen-bond donors (Lipinski definition) is 0. The molecule has 0 aliphatic carbocycles. The summed E-state index contributed by atoms with van der Waals surface area (Å²) in [5.41, 5.74) is 0. The number of carbonyl (C=O) groups excluding carboxylic acids is 1. The van der Waals surface area contributed by atoms with Crippen LogP contribution in [0, 0.1) is 5.92 Å². The summed E-state index contributed by atoms with van der Waals surface area (Å²) in [5.74, 6) is 0.333. The van der Waals surface area contributed by atoms with Crippen LogP contribution >= 0.6 is 0 Å². The largest absolute Gasteiger partial charge is 0 e. The first-order valence-electron chi connectivity index (χ1n) is 3.97. The smallest absolute Gasteiger partial charge is 0 e. The molecule has 3 heteroatoms. The molecule has 11 heavy (non-hydrogen) atoms. The molecule has 0 aromatic rings. The normalized spacial score (nSPS) is 11.7. The summed E-state index contributed by atoms with van der Waals surface area (Å²) in [6, 6.07) is 0. The molecule has 0 amide bonds. The average Bonchev–Trinajstić information content (AvgIpc) is 1.89. The molecule has 0 fully saturated rings. The zero-order valence-corrected chi connectivity index (χ0v) is 10.4. The van der Waals surface area contributed by atoms with Crippen molar-refractivity contribution < 1.29 is 46.9 Å². The fourth-order valence-electron chi connectivity index (χ4n) is 0.971. The van der Waals surface area contributed by atoms with Crippen LogP contribution in [0.5, 0.6) is 0 Å². The molecule has 0 aromatic carbocycles. The van der Waals surface area contributed by atoms with Crippen molar-refractivity contribution in [2.24, 2.45) is 5.92 Å². The molecule has 1 unspecified atom stereocenters. The maximum atomic E-state index is 10.9. The predicted octanol–water partition coefficient (Wildman–Crippen LogP) is 2.27. The van der Waals surface area contributed by atoms with Crippen molar-refractivity contribution >= 4 is 4.09 Å². The van der Waals surface area contributed by atoms with Gasteiger partial charge in [-0.3, -0.25) is 0 Å². The van der Waals surface area contributed by atoms with E-state index in [1.165, 1.54) is 12.8 Å². The summed E-state index contributed by atoms with van der Waals surface area (Å²) in [6.07, 6.45) is 4.49. The van der Waals surface area contributed by atoms with E-state index in [1.54, 1.807) is 20.4 Å². The summed E-state index contributed by atoms with van der Waals surface area (Å²) in [5, 5.41) is 0.